The fourth-order valence-electron chi connectivity index (χ4n) is 2.74. The second-order valence-corrected chi connectivity index (χ2v) is 7.11. The Morgan fingerprint density at radius 2 is 2.08 bits per heavy atom. The van der Waals surface area contributed by atoms with Crippen molar-refractivity contribution in [2.75, 3.05) is 25.0 Å². The number of carbonyl (C=O) groups is 2. The van der Waals surface area contributed by atoms with Gasteiger partial charge in [0.15, 0.2) is 0 Å². The lowest BCUT2D eigenvalue weighted by atomic mass is 10.0. The fraction of sp³-hybridized carbons (Fsp3) is 0.529. The first-order valence-corrected chi connectivity index (χ1v) is 8.35. The Balaban J connectivity index is 2.34. The summed E-state index contributed by atoms with van der Waals surface area (Å²) in [6, 6.07) is 4.15. The van der Waals surface area contributed by atoms with Crippen LogP contribution in [0.15, 0.2) is 18.2 Å². The number of carbonyl (C=O) groups excluding carboxylic acids is 2. The molecule has 1 heterocycles. The van der Waals surface area contributed by atoms with Gasteiger partial charge in [-0.25, -0.2) is 4.79 Å². The Morgan fingerprint density at radius 3 is 2.65 bits per heavy atom. The molecule has 1 aliphatic rings. The van der Waals surface area contributed by atoms with Gasteiger partial charge >= 0.3 is 6.09 Å². The van der Waals surface area contributed by atoms with Crippen molar-refractivity contribution < 1.29 is 19.2 Å². The number of hydrogen-bond donors (Lipinski definition) is 2. The van der Waals surface area contributed by atoms with Crippen LogP contribution in [-0.4, -0.2) is 47.1 Å². The molecule has 1 fully saturated rings. The molecule has 1 unspecified atom stereocenters. The first kappa shape index (κ1) is 19.6. The maximum absolute atomic E-state index is 12.5. The molecular weight excluding hydrogens is 340 g/mol. The number of rotatable bonds is 3. The number of nitrogens with zero attached hydrogens (tertiary/aromatic N) is 2. The smallest absolute Gasteiger partial charge is 0.410 e. The summed E-state index contributed by atoms with van der Waals surface area (Å²) in [7, 11) is 0. The zero-order valence-electron chi connectivity index (χ0n) is 15.4. The minimum atomic E-state index is -0.631. The van der Waals surface area contributed by atoms with Crippen LogP contribution in [0.5, 0.6) is 0 Å². The van der Waals surface area contributed by atoms with Gasteiger partial charge in [0.25, 0.3) is 5.69 Å². The summed E-state index contributed by atoms with van der Waals surface area (Å²) < 4.78 is 5.45. The summed E-state index contributed by atoms with van der Waals surface area (Å²) in [6.07, 6.45) is -0.461. The summed E-state index contributed by atoms with van der Waals surface area (Å²) in [5, 5.41) is 17.0. The van der Waals surface area contributed by atoms with Crippen molar-refractivity contribution in [1.82, 2.24) is 10.2 Å². The molecule has 1 aromatic rings. The van der Waals surface area contributed by atoms with Crippen molar-refractivity contribution in [3.63, 3.8) is 0 Å². The Bertz CT molecular complexity index is 714. The van der Waals surface area contributed by atoms with Crippen LogP contribution in [0.1, 0.15) is 39.3 Å². The van der Waals surface area contributed by atoms with Gasteiger partial charge in [0.05, 0.1) is 11.0 Å². The Morgan fingerprint density at radius 1 is 1.38 bits per heavy atom. The SMILES string of the molecule is CC(=O)Nc1ccc(C2CNCCN2C(=O)OC(C)(C)C)cc1[N+](=O)[O-]. The number of piperazine rings is 1. The molecule has 1 atom stereocenters. The Labute approximate surface area is 151 Å². The highest BCUT2D eigenvalue weighted by atomic mass is 16.6. The first-order chi connectivity index (χ1) is 12.1. The molecule has 0 saturated carbocycles. The van der Waals surface area contributed by atoms with E-state index in [0.717, 1.165) is 0 Å². The number of ether oxygens (including phenoxy) is 1. The van der Waals surface area contributed by atoms with E-state index in [1.165, 1.54) is 19.1 Å². The van der Waals surface area contributed by atoms with Crippen LogP contribution in [-0.2, 0) is 9.53 Å². The molecular formula is C17H24N4O5. The molecule has 2 amide bonds. The van der Waals surface area contributed by atoms with Crippen LogP contribution in [0.2, 0.25) is 0 Å². The van der Waals surface area contributed by atoms with Crippen LogP contribution in [0.4, 0.5) is 16.2 Å². The third-order valence-electron chi connectivity index (χ3n) is 3.79. The summed E-state index contributed by atoms with van der Waals surface area (Å²) in [6.45, 7) is 8.14. The normalized spacial score (nSPS) is 17.5. The van der Waals surface area contributed by atoms with Crippen LogP contribution in [0.25, 0.3) is 0 Å². The molecule has 0 aliphatic carbocycles. The number of benzene rings is 1. The minimum Gasteiger partial charge on any atom is -0.444 e. The van der Waals surface area contributed by atoms with E-state index >= 15 is 0 Å². The van der Waals surface area contributed by atoms with E-state index in [0.29, 0.717) is 25.2 Å². The molecule has 0 spiro atoms. The molecule has 2 rings (SSSR count). The number of amides is 2. The largest absolute Gasteiger partial charge is 0.444 e. The molecule has 9 nitrogen and oxygen atoms in total. The molecule has 142 valence electrons. The maximum Gasteiger partial charge on any atom is 0.410 e. The molecule has 1 aromatic carbocycles. The molecule has 2 N–H and O–H groups in total. The van der Waals surface area contributed by atoms with Gasteiger partial charge in [-0.05, 0) is 32.4 Å². The highest BCUT2D eigenvalue weighted by molar-refractivity contribution is 5.91. The van der Waals surface area contributed by atoms with E-state index in [-0.39, 0.29) is 11.4 Å². The minimum absolute atomic E-state index is 0.124. The first-order valence-electron chi connectivity index (χ1n) is 8.35. The molecule has 0 aromatic heterocycles. The third kappa shape index (κ3) is 4.92. The lowest BCUT2D eigenvalue weighted by molar-refractivity contribution is -0.384. The van der Waals surface area contributed by atoms with Crippen molar-refractivity contribution in [3.05, 3.63) is 33.9 Å². The zero-order valence-corrected chi connectivity index (χ0v) is 15.4. The lowest BCUT2D eigenvalue weighted by Gasteiger charge is -2.37. The van der Waals surface area contributed by atoms with E-state index in [2.05, 4.69) is 10.6 Å². The predicted molar refractivity (Wildman–Crippen MR) is 96.0 cm³/mol. The Hall–Kier alpha value is -2.68. The van der Waals surface area contributed by atoms with Crippen LogP contribution < -0.4 is 10.6 Å². The van der Waals surface area contributed by atoms with Gasteiger partial charge in [0, 0.05) is 32.6 Å². The molecule has 0 bridgehead atoms. The van der Waals surface area contributed by atoms with E-state index in [9.17, 15) is 19.7 Å². The average molecular weight is 364 g/mol. The van der Waals surface area contributed by atoms with Crippen LogP contribution >= 0.6 is 0 Å². The maximum atomic E-state index is 12.5. The van der Waals surface area contributed by atoms with Gasteiger partial charge in [-0.3, -0.25) is 19.8 Å². The average Bonchev–Trinajstić information content (AvgIpc) is 2.53. The van der Waals surface area contributed by atoms with E-state index in [4.69, 9.17) is 4.74 Å². The number of anilines is 1. The summed E-state index contributed by atoms with van der Waals surface area (Å²) in [5.41, 5.74) is -0.122. The molecule has 26 heavy (non-hydrogen) atoms. The van der Waals surface area contributed by atoms with E-state index < -0.39 is 28.6 Å². The molecule has 1 aliphatic heterocycles. The predicted octanol–water partition coefficient (Wildman–Crippen LogP) is 2.43. The van der Waals surface area contributed by atoms with Crippen molar-refractivity contribution in [2.24, 2.45) is 0 Å². The van der Waals surface area contributed by atoms with Gasteiger partial charge in [0.1, 0.15) is 11.3 Å². The van der Waals surface area contributed by atoms with Crippen molar-refractivity contribution in [2.45, 2.75) is 39.3 Å². The summed E-state index contributed by atoms with van der Waals surface area (Å²) >= 11 is 0. The number of hydrogen-bond acceptors (Lipinski definition) is 6. The highest BCUT2D eigenvalue weighted by Crippen LogP contribution is 2.31. The van der Waals surface area contributed by atoms with Gasteiger partial charge < -0.3 is 15.4 Å². The van der Waals surface area contributed by atoms with Crippen LogP contribution in [0, 0.1) is 10.1 Å². The standard InChI is InChI=1S/C17H24N4O5/c1-11(22)19-13-6-5-12(9-14(13)21(24)25)15-10-18-7-8-20(15)16(23)26-17(2,3)4/h5-6,9,15,18H,7-8,10H2,1-4H3,(H,19,22). The highest BCUT2D eigenvalue weighted by Gasteiger charge is 2.32. The van der Waals surface area contributed by atoms with E-state index in [1.54, 1.807) is 31.7 Å². The molecule has 0 radical (unpaired) electrons. The Kier molecular flexibility index (Phi) is 5.81. The third-order valence-corrected chi connectivity index (χ3v) is 3.79. The molecule has 1 saturated heterocycles. The quantitative estimate of drug-likeness (QED) is 0.629. The van der Waals surface area contributed by atoms with Crippen LogP contribution in [0.3, 0.4) is 0 Å². The zero-order chi connectivity index (χ0) is 19.5. The van der Waals surface area contributed by atoms with Crippen molar-refractivity contribution in [1.29, 1.82) is 0 Å². The second-order valence-electron chi connectivity index (χ2n) is 7.11. The van der Waals surface area contributed by atoms with Gasteiger partial charge in [0.2, 0.25) is 5.91 Å². The lowest BCUT2D eigenvalue weighted by Crippen LogP contribution is -2.50. The van der Waals surface area contributed by atoms with Crippen molar-refractivity contribution >= 4 is 23.4 Å². The summed E-state index contributed by atoms with van der Waals surface area (Å²) in [5.74, 6) is -0.393. The second kappa shape index (κ2) is 7.69. The number of nitro benzene ring substituents is 1. The number of nitro groups is 1. The van der Waals surface area contributed by atoms with E-state index in [1.807, 2.05) is 0 Å². The van der Waals surface area contributed by atoms with Gasteiger partial charge in [-0.1, -0.05) is 6.07 Å². The van der Waals surface area contributed by atoms with Gasteiger partial charge in [-0.15, -0.1) is 0 Å². The summed E-state index contributed by atoms with van der Waals surface area (Å²) in [4.78, 5) is 36.1. The topological polar surface area (TPSA) is 114 Å². The van der Waals surface area contributed by atoms with Crippen molar-refractivity contribution in [3.8, 4) is 0 Å². The number of nitrogens with one attached hydrogen (secondary N) is 2. The fourth-order valence-corrected chi connectivity index (χ4v) is 2.74. The monoisotopic (exact) mass is 364 g/mol. The van der Waals surface area contributed by atoms with Gasteiger partial charge in [-0.2, -0.15) is 0 Å². The molecule has 9 heteroatoms.